The van der Waals surface area contributed by atoms with Crippen LogP contribution in [0.1, 0.15) is 46.4 Å². The van der Waals surface area contributed by atoms with Crippen LogP contribution >= 0.6 is 0 Å². The average molecular weight is 435 g/mol. The lowest BCUT2D eigenvalue weighted by atomic mass is 9.79. The molecule has 32 heavy (non-hydrogen) atoms. The highest BCUT2D eigenvalue weighted by atomic mass is 19.1. The number of ether oxygens (including phenoxy) is 1. The van der Waals surface area contributed by atoms with Crippen molar-refractivity contribution in [1.29, 1.82) is 0 Å². The van der Waals surface area contributed by atoms with Gasteiger partial charge in [-0.2, -0.15) is 5.10 Å². The summed E-state index contributed by atoms with van der Waals surface area (Å²) >= 11 is 0. The minimum Gasteiger partial charge on any atom is -0.502 e. The number of methoxy groups -OCH3 is 1. The van der Waals surface area contributed by atoms with Crippen molar-refractivity contribution in [3.05, 3.63) is 87.6 Å². The van der Waals surface area contributed by atoms with Gasteiger partial charge in [-0.1, -0.05) is 30.3 Å². The molecule has 0 radical (unpaired) electrons. The van der Waals surface area contributed by atoms with Gasteiger partial charge in [0, 0.05) is 18.0 Å². The Kier molecular flexibility index (Phi) is 4.92. The Morgan fingerprint density at radius 2 is 1.91 bits per heavy atom. The fourth-order valence-corrected chi connectivity index (χ4v) is 5.10. The molecule has 0 bridgehead atoms. The molecule has 2 aliphatic heterocycles. The molecule has 1 fully saturated rings. The number of fused-ring (bicyclic) bond motifs is 2. The normalized spacial score (nSPS) is 20.6. The minimum absolute atomic E-state index is 0.109. The fraction of sp³-hybridized carbons (Fsp3) is 0.292. The van der Waals surface area contributed by atoms with Crippen LogP contribution in [-0.4, -0.2) is 45.4 Å². The number of nitrogens with zero attached hydrogens (tertiary/aromatic N) is 3. The van der Waals surface area contributed by atoms with Crippen LogP contribution in [0.2, 0.25) is 0 Å². The van der Waals surface area contributed by atoms with E-state index in [-0.39, 0.29) is 23.5 Å². The molecule has 8 heteroatoms. The molecule has 2 aliphatic rings. The third-order valence-corrected chi connectivity index (χ3v) is 6.47. The highest BCUT2D eigenvalue weighted by molar-refractivity contribution is 5.96. The summed E-state index contributed by atoms with van der Waals surface area (Å²) in [6.07, 6.45) is 2.58. The van der Waals surface area contributed by atoms with Crippen LogP contribution in [0, 0.1) is 5.82 Å². The van der Waals surface area contributed by atoms with Crippen molar-refractivity contribution < 1.29 is 19.0 Å². The Morgan fingerprint density at radius 3 is 2.66 bits per heavy atom. The minimum atomic E-state index is -0.698. The standard InChI is InChI=1S/C24H22FN3O4/c1-32-19-7-3-2-5-16(19)20(14-8-10-15(25)11-9-14)21-17-6-4-12-27(17)24(31)22-23(30)18(29)13-26-28(21)22/h2-3,5,7-11,13,17,20-21,30H,4,6,12H2,1H3/t17-,20?,21-/m1/s1. The van der Waals surface area contributed by atoms with E-state index in [1.54, 1.807) is 24.1 Å². The number of para-hydroxylation sites is 1. The maximum absolute atomic E-state index is 13.8. The van der Waals surface area contributed by atoms with Crippen molar-refractivity contribution in [3.63, 3.8) is 0 Å². The van der Waals surface area contributed by atoms with Crippen LogP contribution in [0.4, 0.5) is 4.39 Å². The zero-order chi connectivity index (χ0) is 22.4. The van der Waals surface area contributed by atoms with Gasteiger partial charge in [-0.3, -0.25) is 14.3 Å². The molecule has 0 saturated carbocycles. The van der Waals surface area contributed by atoms with Crippen molar-refractivity contribution in [2.75, 3.05) is 13.7 Å². The lowest BCUT2D eigenvalue weighted by Crippen LogP contribution is -2.50. The SMILES string of the molecule is COc1ccccc1C(c1ccc(F)cc1)[C@H]1[C@H]2CCCN2C(=O)c2c(O)c(=O)cnn21. The number of hydrogen-bond donors (Lipinski definition) is 1. The van der Waals surface area contributed by atoms with Gasteiger partial charge in [-0.15, -0.1) is 0 Å². The lowest BCUT2D eigenvalue weighted by molar-refractivity contribution is 0.0564. The molecule has 3 atom stereocenters. The van der Waals surface area contributed by atoms with Crippen molar-refractivity contribution in [3.8, 4) is 11.5 Å². The smallest absolute Gasteiger partial charge is 0.276 e. The molecule has 1 unspecified atom stereocenters. The first-order chi connectivity index (χ1) is 15.5. The molecular formula is C24H22FN3O4. The fourth-order valence-electron chi connectivity index (χ4n) is 5.10. The number of benzene rings is 2. The number of halogens is 1. The molecule has 3 aromatic rings. The van der Waals surface area contributed by atoms with E-state index in [1.165, 1.54) is 16.8 Å². The third-order valence-electron chi connectivity index (χ3n) is 6.47. The number of aromatic hydroxyl groups is 1. The monoisotopic (exact) mass is 435 g/mol. The Labute approximate surface area is 183 Å². The van der Waals surface area contributed by atoms with Gasteiger partial charge in [-0.25, -0.2) is 4.39 Å². The van der Waals surface area contributed by atoms with E-state index in [1.807, 2.05) is 24.3 Å². The summed E-state index contributed by atoms with van der Waals surface area (Å²) < 4.78 is 20.9. The van der Waals surface area contributed by atoms with Gasteiger partial charge in [0.2, 0.25) is 5.43 Å². The summed E-state index contributed by atoms with van der Waals surface area (Å²) in [7, 11) is 1.59. The average Bonchev–Trinajstić information content (AvgIpc) is 3.30. The van der Waals surface area contributed by atoms with E-state index in [4.69, 9.17) is 4.74 Å². The van der Waals surface area contributed by atoms with Crippen LogP contribution in [-0.2, 0) is 0 Å². The number of rotatable bonds is 4. The number of carbonyl (C=O) groups is 1. The summed E-state index contributed by atoms with van der Waals surface area (Å²) in [5.41, 5.74) is 0.853. The highest BCUT2D eigenvalue weighted by Crippen LogP contribution is 2.47. The number of carbonyl (C=O) groups excluding carboxylic acids is 1. The molecule has 0 spiro atoms. The summed E-state index contributed by atoms with van der Waals surface area (Å²) in [6.45, 7) is 0.532. The summed E-state index contributed by atoms with van der Waals surface area (Å²) in [4.78, 5) is 27.0. The lowest BCUT2D eigenvalue weighted by Gasteiger charge is -2.42. The highest BCUT2D eigenvalue weighted by Gasteiger charge is 2.48. The summed E-state index contributed by atoms with van der Waals surface area (Å²) in [5, 5.41) is 14.8. The maximum atomic E-state index is 13.8. The molecule has 3 heterocycles. The summed E-state index contributed by atoms with van der Waals surface area (Å²) in [5.74, 6) is -1.08. The summed E-state index contributed by atoms with van der Waals surface area (Å²) in [6, 6.07) is 13.1. The molecular weight excluding hydrogens is 413 g/mol. The van der Waals surface area contributed by atoms with Gasteiger partial charge >= 0.3 is 0 Å². The van der Waals surface area contributed by atoms with Crippen molar-refractivity contribution >= 4 is 5.91 Å². The molecule has 1 saturated heterocycles. The molecule has 1 amide bonds. The quantitative estimate of drug-likeness (QED) is 0.681. The molecule has 164 valence electrons. The van der Waals surface area contributed by atoms with Gasteiger partial charge in [0.15, 0.2) is 11.4 Å². The first-order valence-corrected chi connectivity index (χ1v) is 10.5. The van der Waals surface area contributed by atoms with Gasteiger partial charge in [0.1, 0.15) is 11.6 Å². The van der Waals surface area contributed by atoms with E-state index >= 15 is 0 Å². The maximum Gasteiger partial charge on any atom is 0.276 e. The number of hydrogen-bond acceptors (Lipinski definition) is 5. The largest absolute Gasteiger partial charge is 0.502 e. The second-order valence-electron chi connectivity index (χ2n) is 8.12. The van der Waals surface area contributed by atoms with Crippen molar-refractivity contribution in [2.45, 2.75) is 30.8 Å². The van der Waals surface area contributed by atoms with Gasteiger partial charge in [-0.05, 0) is 36.6 Å². The van der Waals surface area contributed by atoms with Gasteiger partial charge in [0.05, 0.1) is 25.4 Å². The number of amides is 1. The Balaban J connectivity index is 1.80. The van der Waals surface area contributed by atoms with Crippen molar-refractivity contribution in [1.82, 2.24) is 14.7 Å². The van der Waals surface area contributed by atoms with Crippen LogP contribution in [0.15, 0.2) is 59.5 Å². The molecule has 2 aromatic carbocycles. The van der Waals surface area contributed by atoms with Crippen LogP contribution in [0.25, 0.3) is 0 Å². The van der Waals surface area contributed by atoms with Crippen LogP contribution in [0.5, 0.6) is 11.5 Å². The van der Waals surface area contributed by atoms with E-state index in [0.717, 1.165) is 30.2 Å². The van der Waals surface area contributed by atoms with E-state index in [9.17, 15) is 19.1 Å². The number of aromatic nitrogens is 2. The molecule has 1 aromatic heterocycles. The molecule has 1 N–H and O–H groups in total. The predicted octanol–water partition coefficient (Wildman–Crippen LogP) is 3.09. The van der Waals surface area contributed by atoms with Crippen LogP contribution in [0.3, 0.4) is 0 Å². The third kappa shape index (κ3) is 3.05. The molecule has 7 nitrogen and oxygen atoms in total. The Bertz CT molecular complexity index is 1240. The van der Waals surface area contributed by atoms with E-state index in [0.29, 0.717) is 12.3 Å². The van der Waals surface area contributed by atoms with Crippen molar-refractivity contribution in [2.24, 2.45) is 0 Å². The Hall–Kier alpha value is -3.68. The second kappa shape index (κ2) is 7.78. The first-order valence-electron chi connectivity index (χ1n) is 10.5. The van der Waals surface area contributed by atoms with Crippen LogP contribution < -0.4 is 10.2 Å². The van der Waals surface area contributed by atoms with Gasteiger partial charge in [0.25, 0.3) is 5.91 Å². The van der Waals surface area contributed by atoms with E-state index in [2.05, 4.69) is 5.10 Å². The Morgan fingerprint density at radius 1 is 1.16 bits per heavy atom. The molecule has 0 aliphatic carbocycles. The van der Waals surface area contributed by atoms with E-state index < -0.39 is 23.1 Å². The first kappa shape index (κ1) is 20.2. The zero-order valence-electron chi connectivity index (χ0n) is 17.4. The predicted molar refractivity (Wildman–Crippen MR) is 114 cm³/mol. The molecule has 5 rings (SSSR count). The topological polar surface area (TPSA) is 84.7 Å². The van der Waals surface area contributed by atoms with Gasteiger partial charge < -0.3 is 14.7 Å². The zero-order valence-corrected chi connectivity index (χ0v) is 17.4. The second-order valence-corrected chi connectivity index (χ2v) is 8.12.